The highest BCUT2D eigenvalue weighted by Gasteiger charge is 2.14. The Labute approximate surface area is 138 Å². The fourth-order valence-corrected chi connectivity index (χ4v) is 2.34. The van der Waals surface area contributed by atoms with Gasteiger partial charge in [0.1, 0.15) is 0 Å². The number of alkyl halides is 1. The highest BCUT2D eigenvalue weighted by Crippen LogP contribution is 2.18. The number of nitrogens with one attached hydrogen (secondary N) is 1. The van der Waals surface area contributed by atoms with Crippen molar-refractivity contribution in [2.75, 3.05) is 51.1 Å². The normalized spacial score (nSPS) is 15.1. The predicted octanol–water partition coefficient (Wildman–Crippen LogP) is 3.12. The Hall–Kier alpha value is -1.10. The highest BCUT2D eigenvalue weighted by molar-refractivity contribution is 6.15. The molecule has 2 rings (SSSR count). The number of ketones is 1. The van der Waals surface area contributed by atoms with Crippen molar-refractivity contribution in [1.82, 2.24) is 4.90 Å². The van der Waals surface area contributed by atoms with Gasteiger partial charge in [-0.2, -0.15) is 0 Å². The standard InChI is InChI=1S/C16H24N2O2.CH3Cl/c1-13(2)16(19)14-5-3-4-6-15(14)17-7-8-18-9-11-20-12-10-18;1-2/h3-6,13,17H,7-12H2,1-2H3;1H3. The lowest BCUT2D eigenvalue weighted by atomic mass is 9.99. The molecule has 4 nitrogen and oxygen atoms in total. The maximum absolute atomic E-state index is 12.2. The highest BCUT2D eigenvalue weighted by atomic mass is 35.5. The Morgan fingerprint density at radius 2 is 1.91 bits per heavy atom. The average Bonchev–Trinajstić information content (AvgIpc) is 2.57. The van der Waals surface area contributed by atoms with Crippen LogP contribution < -0.4 is 5.32 Å². The van der Waals surface area contributed by atoms with Gasteiger partial charge in [0.15, 0.2) is 5.78 Å². The van der Waals surface area contributed by atoms with Crippen molar-refractivity contribution in [3.8, 4) is 0 Å². The van der Waals surface area contributed by atoms with Crippen LogP contribution in [0.5, 0.6) is 0 Å². The molecule has 1 aliphatic rings. The topological polar surface area (TPSA) is 41.6 Å². The maximum Gasteiger partial charge on any atom is 0.167 e. The summed E-state index contributed by atoms with van der Waals surface area (Å²) in [7, 11) is 0. The first-order valence-corrected chi connectivity index (χ1v) is 8.49. The molecule has 1 fully saturated rings. The zero-order valence-corrected chi connectivity index (χ0v) is 14.5. The molecule has 1 aliphatic heterocycles. The molecule has 1 N–H and O–H groups in total. The van der Waals surface area contributed by atoms with E-state index in [0.29, 0.717) is 0 Å². The van der Waals surface area contributed by atoms with Crippen LogP contribution in [0.4, 0.5) is 5.69 Å². The lowest BCUT2D eigenvalue weighted by Gasteiger charge is -2.26. The number of Topliss-reactive ketones (excluding diaryl/α,β-unsaturated/α-hetero) is 1. The molecular weight excluding hydrogens is 300 g/mol. The fourth-order valence-electron chi connectivity index (χ4n) is 2.34. The van der Waals surface area contributed by atoms with Crippen molar-refractivity contribution in [3.63, 3.8) is 0 Å². The Morgan fingerprint density at radius 1 is 1.27 bits per heavy atom. The first kappa shape index (κ1) is 18.9. The van der Waals surface area contributed by atoms with E-state index in [-0.39, 0.29) is 11.7 Å². The summed E-state index contributed by atoms with van der Waals surface area (Å²) < 4.78 is 5.33. The maximum atomic E-state index is 12.2. The number of carbonyl (C=O) groups excluding carboxylic acids is 1. The molecule has 0 aromatic heterocycles. The lowest BCUT2D eigenvalue weighted by Crippen LogP contribution is -2.39. The van der Waals surface area contributed by atoms with Crippen molar-refractivity contribution < 1.29 is 9.53 Å². The zero-order valence-electron chi connectivity index (χ0n) is 13.8. The minimum absolute atomic E-state index is 0.0252. The summed E-state index contributed by atoms with van der Waals surface area (Å²) >= 11 is 4.64. The Bertz CT molecular complexity index is 446. The molecule has 0 saturated carbocycles. The quantitative estimate of drug-likeness (QED) is 0.644. The Kier molecular flexibility index (Phi) is 9.13. The van der Waals surface area contributed by atoms with E-state index in [1.165, 1.54) is 6.38 Å². The molecule has 1 heterocycles. The summed E-state index contributed by atoms with van der Waals surface area (Å²) in [5.41, 5.74) is 1.74. The van der Waals surface area contributed by atoms with Crippen LogP contribution >= 0.6 is 11.6 Å². The van der Waals surface area contributed by atoms with E-state index in [1.807, 2.05) is 38.1 Å². The molecule has 5 heteroatoms. The van der Waals surface area contributed by atoms with Gasteiger partial charge in [-0.3, -0.25) is 9.69 Å². The molecule has 0 radical (unpaired) electrons. The predicted molar refractivity (Wildman–Crippen MR) is 93.1 cm³/mol. The molecule has 1 saturated heterocycles. The van der Waals surface area contributed by atoms with Gasteiger partial charge < -0.3 is 10.1 Å². The first-order chi connectivity index (χ1) is 10.7. The number of ether oxygens (including phenoxy) is 1. The van der Waals surface area contributed by atoms with Crippen LogP contribution in [-0.2, 0) is 4.74 Å². The molecule has 0 bridgehead atoms. The Morgan fingerprint density at radius 3 is 2.55 bits per heavy atom. The summed E-state index contributed by atoms with van der Waals surface area (Å²) in [5.74, 6) is 0.219. The average molecular weight is 327 g/mol. The summed E-state index contributed by atoms with van der Waals surface area (Å²) in [6, 6.07) is 7.77. The van der Waals surface area contributed by atoms with Crippen LogP contribution in [0.15, 0.2) is 24.3 Å². The molecule has 124 valence electrons. The number of halogens is 1. The van der Waals surface area contributed by atoms with Gasteiger partial charge in [-0.1, -0.05) is 26.0 Å². The number of rotatable bonds is 6. The van der Waals surface area contributed by atoms with Gasteiger partial charge in [-0.15, -0.1) is 11.6 Å². The van der Waals surface area contributed by atoms with Crippen LogP contribution in [0, 0.1) is 5.92 Å². The summed E-state index contributed by atoms with van der Waals surface area (Å²) in [5, 5.41) is 3.39. The minimum atomic E-state index is 0.0252. The first-order valence-electron chi connectivity index (χ1n) is 7.73. The molecule has 0 amide bonds. The van der Waals surface area contributed by atoms with Gasteiger partial charge in [0.2, 0.25) is 0 Å². The number of carbonyl (C=O) groups is 1. The SMILES string of the molecule is CC(C)C(=O)c1ccccc1NCCN1CCOCC1.CCl. The molecule has 1 aromatic rings. The van der Waals surface area contributed by atoms with Crippen molar-refractivity contribution in [1.29, 1.82) is 0 Å². The van der Waals surface area contributed by atoms with E-state index in [2.05, 4.69) is 21.8 Å². The summed E-state index contributed by atoms with van der Waals surface area (Å²) in [6.45, 7) is 9.34. The van der Waals surface area contributed by atoms with Gasteiger partial charge in [-0.05, 0) is 12.1 Å². The van der Waals surface area contributed by atoms with Crippen molar-refractivity contribution >= 4 is 23.1 Å². The Balaban J connectivity index is 0.00000116. The van der Waals surface area contributed by atoms with Crippen LogP contribution in [0.3, 0.4) is 0 Å². The van der Waals surface area contributed by atoms with Crippen molar-refractivity contribution in [3.05, 3.63) is 29.8 Å². The lowest BCUT2D eigenvalue weighted by molar-refractivity contribution is 0.0398. The van der Waals surface area contributed by atoms with E-state index < -0.39 is 0 Å². The van der Waals surface area contributed by atoms with Gasteiger partial charge in [-0.25, -0.2) is 0 Å². The van der Waals surface area contributed by atoms with Crippen LogP contribution in [0.2, 0.25) is 0 Å². The van der Waals surface area contributed by atoms with Gasteiger partial charge in [0, 0.05) is 49.7 Å². The van der Waals surface area contributed by atoms with E-state index in [0.717, 1.165) is 50.6 Å². The molecule has 22 heavy (non-hydrogen) atoms. The molecule has 0 atom stereocenters. The van der Waals surface area contributed by atoms with Gasteiger partial charge >= 0.3 is 0 Å². The van der Waals surface area contributed by atoms with Gasteiger partial charge in [0.25, 0.3) is 0 Å². The second kappa shape index (κ2) is 10.6. The minimum Gasteiger partial charge on any atom is -0.383 e. The number of hydrogen-bond acceptors (Lipinski definition) is 4. The number of benzene rings is 1. The monoisotopic (exact) mass is 326 g/mol. The largest absolute Gasteiger partial charge is 0.383 e. The third-order valence-corrected chi connectivity index (χ3v) is 3.56. The molecule has 0 spiro atoms. The van der Waals surface area contributed by atoms with E-state index >= 15 is 0 Å². The molecule has 1 aromatic carbocycles. The van der Waals surface area contributed by atoms with Crippen LogP contribution in [0.1, 0.15) is 24.2 Å². The van der Waals surface area contributed by atoms with E-state index in [4.69, 9.17) is 4.74 Å². The molecule has 0 unspecified atom stereocenters. The van der Waals surface area contributed by atoms with E-state index in [1.54, 1.807) is 0 Å². The third kappa shape index (κ3) is 5.95. The fraction of sp³-hybridized carbons (Fsp3) is 0.588. The van der Waals surface area contributed by atoms with Gasteiger partial charge in [0.05, 0.1) is 13.2 Å². The second-order valence-corrected chi connectivity index (χ2v) is 5.45. The number of morpholine rings is 1. The third-order valence-electron chi connectivity index (χ3n) is 3.56. The summed E-state index contributed by atoms with van der Waals surface area (Å²) in [4.78, 5) is 14.5. The number of para-hydroxylation sites is 1. The number of hydrogen-bond donors (Lipinski definition) is 1. The molecule has 0 aliphatic carbocycles. The second-order valence-electron chi connectivity index (χ2n) is 5.45. The van der Waals surface area contributed by atoms with Crippen molar-refractivity contribution in [2.24, 2.45) is 5.92 Å². The molecular formula is C17H27ClN2O2. The van der Waals surface area contributed by atoms with Crippen LogP contribution in [-0.4, -0.2) is 56.5 Å². The van der Waals surface area contributed by atoms with Crippen LogP contribution in [0.25, 0.3) is 0 Å². The summed E-state index contributed by atoms with van der Waals surface area (Å²) in [6.07, 6.45) is 1.47. The van der Waals surface area contributed by atoms with Crippen molar-refractivity contribution in [2.45, 2.75) is 13.8 Å². The smallest absolute Gasteiger partial charge is 0.167 e. The zero-order chi connectivity index (χ0) is 16.4. The number of anilines is 1. The van der Waals surface area contributed by atoms with E-state index in [9.17, 15) is 4.79 Å². The number of nitrogens with zero attached hydrogens (tertiary/aromatic N) is 1.